The molecule has 1 fully saturated rings. The molecule has 1 atom stereocenters. The summed E-state index contributed by atoms with van der Waals surface area (Å²) in [6.45, 7) is 1.39. The molecule has 1 N–H and O–H groups in total. The highest BCUT2D eigenvalue weighted by molar-refractivity contribution is 6.32. The van der Waals surface area contributed by atoms with Crippen molar-refractivity contribution in [2.45, 2.75) is 19.4 Å². The van der Waals surface area contributed by atoms with E-state index in [0.717, 1.165) is 4.90 Å². The summed E-state index contributed by atoms with van der Waals surface area (Å²) in [7, 11) is 0. The monoisotopic (exact) mass is 387 g/mol. The lowest BCUT2D eigenvalue weighted by atomic mass is 10.1. The smallest absolute Gasteiger partial charge is 0.289 e. The summed E-state index contributed by atoms with van der Waals surface area (Å²) in [5.41, 5.74) is 0.697. The maximum absolute atomic E-state index is 12.7. The number of hydrogen-bond acceptors (Lipinski definition) is 6. The van der Waals surface area contributed by atoms with Crippen LogP contribution in [0.2, 0.25) is 5.02 Å². The fraction of sp³-hybridized carbons (Fsp3) is 0.167. The van der Waals surface area contributed by atoms with E-state index in [1.165, 1.54) is 31.2 Å². The number of Topliss-reactive ketones (excluding diaryl/α,β-unsaturated/α-hetero) is 1. The number of anilines is 2. The van der Waals surface area contributed by atoms with Crippen LogP contribution in [0.4, 0.5) is 17.1 Å². The zero-order chi connectivity index (χ0) is 19.7. The number of nitrogens with zero attached hydrogens (tertiary/aromatic N) is 2. The maximum atomic E-state index is 12.7. The third-order valence-corrected chi connectivity index (χ3v) is 4.46. The molecular formula is C18H14ClN3O5. The SMILES string of the molecule is CC(=O)c1cccc(N2C(=O)C[C@H](Nc3ccc(Cl)c([N+](=O)[O-])c3)C2=O)c1. The Hall–Kier alpha value is -3.26. The van der Waals surface area contributed by atoms with E-state index in [1.54, 1.807) is 18.2 Å². The first kappa shape index (κ1) is 18.5. The molecule has 9 heteroatoms. The van der Waals surface area contributed by atoms with Gasteiger partial charge in [-0.3, -0.25) is 24.5 Å². The molecule has 0 unspecified atom stereocenters. The summed E-state index contributed by atoms with van der Waals surface area (Å²) >= 11 is 5.78. The molecule has 0 aromatic heterocycles. The van der Waals surface area contributed by atoms with Crippen molar-refractivity contribution in [2.24, 2.45) is 0 Å². The van der Waals surface area contributed by atoms with E-state index in [2.05, 4.69) is 5.32 Å². The van der Waals surface area contributed by atoms with Crippen molar-refractivity contribution in [2.75, 3.05) is 10.2 Å². The Kier molecular flexibility index (Phi) is 4.91. The number of nitro benzene ring substituents is 1. The molecule has 1 heterocycles. The van der Waals surface area contributed by atoms with Crippen molar-refractivity contribution in [1.29, 1.82) is 0 Å². The number of benzene rings is 2. The van der Waals surface area contributed by atoms with Crippen LogP contribution in [0.3, 0.4) is 0 Å². The Bertz CT molecular complexity index is 975. The first-order chi connectivity index (χ1) is 12.8. The lowest BCUT2D eigenvalue weighted by molar-refractivity contribution is -0.384. The molecule has 0 radical (unpaired) electrons. The van der Waals surface area contributed by atoms with Crippen LogP contribution >= 0.6 is 11.6 Å². The van der Waals surface area contributed by atoms with Crippen molar-refractivity contribution in [3.8, 4) is 0 Å². The van der Waals surface area contributed by atoms with E-state index < -0.39 is 22.8 Å². The topological polar surface area (TPSA) is 110 Å². The number of nitro groups is 1. The molecule has 1 saturated heterocycles. The molecule has 3 rings (SSSR count). The number of halogens is 1. The second-order valence-electron chi connectivity index (χ2n) is 6.00. The summed E-state index contributed by atoms with van der Waals surface area (Å²) < 4.78 is 0. The predicted molar refractivity (Wildman–Crippen MR) is 99.1 cm³/mol. The van der Waals surface area contributed by atoms with Gasteiger partial charge in [0.15, 0.2) is 5.78 Å². The Labute approximate surface area is 158 Å². The van der Waals surface area contributed by atoms with Gasteiger partial charge in [-0.2, -0.15) is 0 Å². The molecule has 1 aliphatic heterocycles. The van der Waals surface area contributed by atoms with Crippen molar-refractivity contribution in [3.63, 3.8) is 0 Å². The quantitative estimate of drug-likeness (QED) is 0.365. The van der Waals surface area contributed by atoms with Gasteiger partial charge < -0.3 is 5.32 Å². The molecule has 0 aliphatic carbocycles. The predicted octanol–water partition coefficient (Wildman–Crippen LogP) is 3.19. The zero-order valence-electron chi connectivity index (χ0n) is 14.1. The molecule has 2 amide bonds. The highest BCUT2D eigenvalue weighted by Gasteiger charge is 2.39. The molecule has 0 bridgehead atoms. The van der Waals surface area contributed by atoms with Gasteiger partial charge in [0, 0.05) is 17.3 Å². The van der Waals surface area contributed by atoms with Gasteiger partial charge in [0.05, 0.1) is 17.0 Å². The van der Waals surface area contributed by atoms with Gasteiger partial charge in [-0.15, -0.1) is 0 Å². The van der Waals surface area contributed by atoms with Crippen LogP contribution in [0.1, 0.15) is 23.7 Å². The van der Waals surface area contributed by atoms with Crippen LogP contribution in [0.5, 0.6) is 0 Å². The Morgan fingerprint density at radius 3 is 2.67 bits per heavy atom. The summed E-state index contributed by atoms with van der Waals surface area (Å²) in [6.07, 6.45) is -0.112. The number of carbonyl (C=O) groups is 3. The van der Waals surface area contributed by atoms with Crippen LogP contribution in [0, 0.1) is 10.1 Å². The number of hydrogen-bond donors (Lipinski definition) is 1. The standard InChI is InChI=1S/C18H14ClN3O5/c1-10(23)11-3-2-4-13(7-11)21-17(24)9-15(18(21)25)20-12-5-6-14(19)16(8-12)22(26)27/h2-8,15,20H,9H2,1H3/t15-/m0/s1. The van der Waals surface area contributed by atoms with Crippen molar-refractivity contribution in [1.82, 2.24) is 0 Å². The normalized spacial score (nSPS) is 16.5. The number of ketones is 1. The highest BCUT2D eigenvalue weighted by Crippen LogP contribution is 2.30. The first-order valence-corrected chi connectivity index (χ1v) is 8.34. The van der Waals surface area contributed by atoms with Gasteiger partial charge in [-0.1, -0.05) is 23.7 Å². The van der Waals surface area contributed by atoms with E-state index in [0.29, 0.717) is 16.9 Å². The van der Waals surface area contributed by atoms with E-state index >= 15 is 0 Å². The summed E-state index contributed by atoms with van der Waals surface area (Å²) in [6, 6.07) is 9.41. The minimum Gasteiger partial charge on any atom is -0.373 e. The number of imide groups is 1. The van der Waals surface area contributed by atoms with E-state index in [1.807, 2.05) is 0 Å². The number of carbonyl (C=O) groups excluding carboxylic acids is 3. The molecule has 138 valence electrons. The first-order valence-electron chi connectivity index (χ1n) is 7.96. The van der Waals surface area contributed by atoms with E-state index in [9.17, 15) is 24.5 Å². The van der Waals surface area contributed by atoms with Crippen molar-refractivity contribution >= 4 is 46.3 Å². The van der Waals surface area contributed by atoms with Crippen LogP contribution in [0.15, 0.2) is 42.5 Å². The molecular weight excluding hydrogens is 374 g/mol. The number of rotatable bonds is 5. The minimum absolute atomic E-state index is 0.0259. The average molecular weight is 388 g/mol. The average Bonchev–Trinajstić information content (AvgIpc) is 2.90. The van der Waals surface area contributed by atoms with Crippen LogP contribution in [-0.2, 0) is 9.59 Å². The van der Waals surface area contributed by atoms with E-state index in [-0.39, 0.29) is 22.9 Å². The third-order valence-electron chi connectivity index (χ3n) is 4.14. The lowest BCUT2D eigenvalue weighted by Crippen LogP contribution is -2.34. The second kappa shape index (κ2) is 7.16. The van der Waals surface area contributed by atoms with Gasteiger partial charge in [-0.05, 0) is 31.2 Å². The highest BCUT2D eigenvalue weighted by atomic mass is 35.5. The molecule has 2 aromatic carbocycles. The lowest BCUT2D eigenvalue weighted by Gasteiger charge is -2.16. The third kappa shape index (κ3) is 3.65. The summed E-state index contributed by atoms with van der Waals surface area (Å²) in [4.78, 5) is 47.9. The Morgan fingerprint density at radius 1 is 1.26 bits per heavy atom. The fourth-order valence-electron chi connectivity index (χ4n) is 2.82. The van der Waals surface area contributed by atoms with Crippen molar-refractivity contribution < 1.29 is 19.3 Å². The van der Waals surface area contributed by atoms with Gasteiger partial charge in [-0.25, -0.2) is 4.90 Å². The summed E-state index contributed by atoms with van der Waals surface area (Å²) in [5.74, 6) is -1.11. The van der Waals surface area contributed by atoms with E-state index in [4.69, 9.17) is 11.6 Å². The summed E-state index contributed by atoms with van der Waals surface area (Å²) in [5, 5.41) is 13.8. The van der Waals surface area contributed by atoms with Gasteiger partial charge >= 0.3 is 0 Å². The minimum atomic E-state index is -0.876. The Balaban J connectivity index is 1.84. The molecule has 0 saturated carbocycles. The zero-order valence-corrected chi connectivity index (χ0v) is 14.9. The Morgan fingerprint density at radius 2 is 2.00 bits per heavy atom. The van der Waals surface area contributed by atoms with Gasteiger partial charge in [0.1, 0.15) is 11.1 Å². The maximum Gasteiger partial charge on any atom is 0.289 e. The molecule has 2 aromatic rings. The number of amides is 2. The van der Waals surface area contributed by atoms with Crippen LogP contribution in [0.25, 0.3) is 0 Å². The van der Waals surface area contributed by atoms with Crippen molar-refractivity contribution in [3.05, 3.63) is 63.2 Å². The van der Waals surface area contributed by atoms with Crippen LogP contribution in [-0.4, -0.2) is 28.6 Å². The molecule has 8 nitrogen and oxygen atoms in total. The second-order valence-corrected chi connectivity index (χ2v) is 6.41. The molecule has 27 heavy (non-hydrogen) atoms. The van der Waals surface area contributed by atoms with Gasteiger partial charge in [0.25, 0.3) is 11.6 Å². The van der Waals surface area contributed by atoms with Crippen LogP contribution < -0.4 is 10.2 Å². The largest absolute Gasteiger partial charge is 0.373 e. The molecule has 0 spiro atoms. The molecule has 1 aliphatic rings. The number of nitrogens with one attached hydrogen (secondary N) is 1. The fourth-order valence-corrected chi connectivity index (χ4v) is 3.01. The van der Waals surface area contributed by atoms with Gasteiger partial charge in [0.2, 0.25) is 5.91 Å².